The Morgan fingerprint density at radius 3 is 2.52 bits per heavy atom. The normalized spacial score (nSPS) is 16.7. The molecule has 0 unspecified atom stereocenters. The monoisotopic (exact) mass is 301 g/mol. The molecule has 112 valence electrons. The van der Waals surface area contributed by atoms with Gasteiger partial charge in [0.15, 0.2) is 0 Å². The van der Waals surface area contributed by atoms with Crippen LogP contribution in [0.5, 0.6) is 5.75 Å². The first-order valence-electron chi connectivity index (χ1n) is 7.58. The molecule has 1 saturated carbocycles. The van der Waals surface area contributed by atoms with Crippen molar-refractivity contribution >= 4 is 22.5 Å². The lowest BCUT2D eigenvalue weighted by Gasteiger charge is -2.40. The molecule has 0 radical (unpaired) electrons. The topological polar surface area (TPSA) is 21.3 Å². The van der Waals surface area contributed by atoms with Gasteiger partial charge in [0.25, 0.3) is 0 Å². The molecule has 3 heteroatoms. The summed E-state index contributed by atoms with van der Waals surface area (Å²) in [5, 5.41) is 6.15. The lowest BCUT2D eigenvalue weighted by Crippen LogP contribution is -2.43. The number of hydrogen-bond acceptors (Lipinski definition) is 3. The first-order chi connectivity index (χ1) is 10.3. The Hall–Kier alpha value is -1.19. The fourth-order valence-electron chi connectivity index (χ4n) is 3.12. The highest BCUT2D eigenvalue weighted by Crippen LogP contribution is 2.42. The molecule has 0 aliphatic heterocycles. The Morgan fingerprint density at radius 2 is 1.90 bits per heavy atom. The van der Waals surface area contributed by atoms with Crippen molar-refractivity contribution in [3.63, 3.8) is 0 Å². The van der Waals surface area contributed by atoms with Crippen LogP contribution in [0.4, 0.5) is 0 Å². The molecule has 1 aliphatic rings. The molecular formula is C18H23NOS. The molecule has 21 heavy (non-hydrogen) atoms. The lowest BCUT2D eigenvalue weighted by molar-refractivity contribution is 0.345. The second kappa shape index (κ2) is 6.29. The average Bonchev–Trinajstić information content (AvgIpc) is 2.50. The predicted octanol–water partition coefficient (Wildman–Crippen LogP) is 4.22. The highest BCUT2D eigenvalue weighted by Gasteiger charge is 2.35. The van der Waals surface area contributed by atoms with Gasteiger partial charge in [-0.2, -0.15) is 11.8 Å². The van der Waals surface area contributed by atoms with E-state index in [0.29, 0.717) is 4.75 Å². The van der Waals surface area contributed by atoms with Gasteiger partial charge < -0.3 is 10.1 Å². The molecule has 0 bridgehead atoms. The number of thioether (sulfide) groups is 1. The minimum absolute atomic E-state index is 0.488. The fourth-order valence-corrected chi connectivity index (χ4v) is 4.06. The van der Waals surface area contributed by atoms with Crippen molar-refractivity contribution in [3.8, 4) is 5.75 Å². The standard InChI is InChI=1S/C18H23NOS/c1-20-17-9-8-14(15-6-3-4-7-16(15)17)12-19-13-18(21-2)10-5-11-18/h3-4,6-9,19H,5,10-13H2,1-2H3. The molecule has 1 aliphatic carbocycles. The van der Waals surface area contributed by atoms with Crippen LogP contribution in [0.15, 0.2) is 36.4 Å². The van der Waals surface area contributed by atoms with Crippen LogP contribution in [-0.4, -0.2) is 24.7 Å². The highest BCUT2D eigenvalue weighted by molar-refractivity contribution is 8.00. The summed E-state index contributed by atoms with van der Waals surface area (Å²) in [4.78, 5) is 0. The number of fused-ring (bicyclic) bond motifs is 1. The predicted molar refractivity (Wildman–Crippen MR) is 92.3 cm³/mol. The quantitative estimate of drug-likeness (QED) is 0.863. The molecule has 1 N–H and O–H groups in total. The van der Waals surface area contributed by atoms with E-state index in [9.17, 15) is 0 Å². The summed E-state index contributed by atoms with van der Waals surface area (Å²) >= 11 is 2.02. The van der Waals surface area contributed by atoms with Gasteiger partial charge in [0.2, 0.25) is 0 Å². The summed E-state index contributed by atoms with van der Waals surface area (Å²) in [6.45, 7) is 2.03. The van der Waals surface area contributed by atoms with Crippen molar-refractivity contribution in [1.82, 2.24) is 5.32 Å². The van der Waals surface area contributed by atoms with Gasteiger partial charge in [-0.25, -0.2) is 0 Å². The Balaban J connectivity index is 1.75. The zero-order chi connectivity index (χ0) is 14.7. The molecular weight excluding hydrogens is 278 g/mol. The maximum absolute atomic E-state index is 5.46. The van der Waals surface area contributed by atoms with E-state index in [0.717, 1.165) is 18.8 Å². The second-order valence-electron chi connectivity index (χ2n) is 5.82. The summed E-state index contributed by atoms with van der Waals surface area (Å²) < 4.78 is 5.95. The number of hydrogen-bond donors (Lipinski definition) is 1. The minimum Gasteiger partial charge on any atom is -0.496 e. The van der Waals surface area contributed by atoms with Crippen molar-refractivity contribution < 1.29 is 4.74 Å². The summed E-state index contributed by atoms with van der Waals surface area (Å²) in [6, 6.07) is 12.7. The number of methoxy groups -OCH3 is 1. The van der Waals surface area contributed by atoms with E-state index in [1.165, 1.54) is 35.6 Å². The van der Waals surface area contributed by atoms with Crippen LogP contribution >= 0.6 is 11.8 Å². The van der Waals surface area contributed by atoms with E-state index < -0.39 is 0 Å². The lowest BCUT2D eigenvalue weighted by atomic mass is 9.84. The van der Waals surface area contributed by atoms with Crippen molar-refractivity contribution in [3.05, 3.63) is 42.0 Å². The molecule has 3 rings (SSSR count). The van der Waals surface area contributed by atoms with Crippen molar-refractivity contribution in [2.75, 3.05) is 19.9 Å². The third-order valence-corrected chi connectivity index (χ3v) is 6.07. The first kappa shape index (κ1) is 14.7. The van der Waals surface area contributed by atoms with Crippen LogP contribution in [0, 0.1) is 0 Å². The van der Waals surface area contributed by atoms with Gasteiger partial charge in [0.05, 0.1) is 7.11 Å². The van der Waals surface area contributed by atoms with E-state index in [-0.39, 0.29) is 0 Å². The van der Waals surface area contributed by atoms with Gasteiger partial charge in [-0.05, 0) is 36.1 Å². The summed E-state index contributed by atoms with van der Waals surface area (Å²) in [7, 11) is 1.73. The van der Waals surface area contributed by atoms with E-state index in [1.807, 2.05) is 11.8 Å². The zero-order valence-corrected chi connectivity index (χ0v) is 13.6. The van der Waals surface area contributed by atoms with Gasteiger partial charge in [0.1, 0.15) is 5.75 Å². The van der Waals surface area contributed by atoms with Crippen molar-refractivity contribution in [2.45, 2.75) is 30.6 Å². The smallest absolute Gasteiger partial charge is 0.126 e. The highest BCUT2D eigenvalue weighted by atomic mass is 32.2. The number of rotatable bonds is 6. The second-order valence-corrected chi connectivity index (χ2v) is 7.09. The molecule has 2 aromatic carbocycles. The van der Waals surface area contributed by atoms with E-state index in [2.05, 4.69) is 48.0 Å². The van der Waals surface area contributed by atoms with E-state index in [4.69, 9.17) is 4.74 Å². The number of benzene rings is 2. The maximum atomic E-state index is 5.46. The van der Waals surface area contributed by atoms with Crippen LogP contribution < -0.4 is 10.1 Å². The van der Waals surface area contributed by atoms with Crippen LogP contribution in [0.3, 0.4) is 0 Å². The fraction of sp³-hybridized carbons (Fsp3) is 0.444. The molecule has 0 atom stereocenters. The Kier molecular flexibility index (Phi) is 4.41. The Labute approximate surface area is 131 Å². The van der Waals surface area contributed by atoms with E-state index >= 15 is 0 Å². The molecule has 0 heterocycles. The summed E-state index contributed by atoms with van der Waals surface area (Å²) in [5.41, 5.74) is 1.35. The SMILES string of the molecule is COc1ccc(CNCC2(SC)CCC2)c2ccccc12. The van der Waals surface area contributed by atoms with Crippen LogP contribution in [0.1, 0.15) is 24.8 Å². The number of ether oxygens (including phenoxy) is 1. The first-order valence-corrected chi connectivity index (χ1v) is 8.81. The third kappa shape index (κ3) is 2.90. The van der Waals surface area contributed by atoms with Crippen LogP contribution in [0.25, 0.3) is 10.8 Å². The molecule has 2 aromatic rings. The third-order valence-electron chi connectivity index (χ3n) is 4.65. The van der Waals surface area contributed by atoms with E-state index in [1.54, 1.807) is 7.11 Å². The average molecular weight is 301 g/mol. The van der Waals surface area contributed by atoms with Crippen molar-refractivity contribution in [2.24, 2.45) is 0 Å². The van der Waals surface area contributed by atoms with Gasteiger partial charge in [-0.3, -0.25) is 0 Å². The zero-order valence-electron chi connectivity index (χ0n) is 12.8. The maximum Gasteiger partial charge on any atom is 0.126 e. The van der Waals surface area contributed by atoms with Gasteiger partial charge in [0, 0.05) is 23.2 Å². The van der Waals surface area contributed by atoms with Gasteiger partial charge in [-0.1, -0.05) is 36.8 Å². The molecule has 0 spiro atoms. The van der Waals surface area contributed by atoms with Crippen LogP contribution in [0.2, 0.25) is 0 Å². The molecule has 0 aromatic heterocycles. The minimum atomic E-state index is 0.488. The molecule has 2 nitrogen and oxygen atoms in total. The molecule has 1 fully saturated rings. The number of nitrogens with one attached hydrogen (secondary N) is 1. The Bertz CT molecular complexity index is 616. The summed E-state index contributed by atoms with van der Waals surface area (Å²) in [5.74, 6) is 0.953. The van der Waals surface area contributed by atoms with Gasteiger partial charge >= 0.3 is 0 Å². The Morgan fingerprint density at radius 1 is 1.14 bits per heavy atom. The molecule has 0 saturated heterocycles. The summed E-state index contributed by atoms with van der Waals surface area (Å²) in [6.07, 6.45) is 6.33. The van der Waals surface area contributed by atoms with Gasteiger partial charge in [-0.15, -0.1) is 0 Å². The van der Waals surface area contributed by atoms with Crippen LogP contribution in [-0.2, 0) is 6.54 Å². The molecule has 0 amide bonds. The van der Waals surface area contributed by atoms with Crippen molar-refractivity contribution in [1.29, 1.82) is 0 Å². The largest absolute Gasteiger partial charge is 0.496 e.